The second-order valence-electron chi connectivity index (χ2n) is 5.89. The van der Waals surface area contributed by atoms with E-state index in [1.165, 1.54) is 30.0 Å². The second kappa shape index (κ2) is 7.98. The molecule has 1 rings (SSSR count). The average molecular weight is 459 g/mol. The molecule has 138 valence electrons. The highest BCUT2D eigenvalue weighted by Crippen LogP contribution is 2.39. The molecule has 3 atom stereocenters. The van der Waals surface area contributed by atoms with Crippen LogP contribution in [0.1, 0.15) is 20.3 Å². The normalized spacial score (nSPS) is 24.6. The summed E-state index contributed by atoms with van der Waals surface area (Å²) in [6.07, 6.45) is 1.69. The highest BCUT2D eigenvalue weighted by Gasteiger charge is 2.43. The maximum atomic E-state index is 12.6. The number of halogens is 6. The van der Waals surface area contributed by atoms with Gasteiger partial charge in [0.1, 0.15) is 11.7 Å². The summed E-state index contributed by atoms with van der Waals surface area (Å²) < 4.78 is -3.11. The number of piperazine rings is 1. The molecule has 1 heterocycles. The first kappa shape index (κ1) is 22.5. The summed E-state index contributed by atoms with van der Waals surface area (Å²) in [5.41, 5.74) is 0.152. The van der Waals surface area contributed by atoms with Crippen molar-refractivity contribution >= 4 is 81.4 Å². The highest BCUT2D eigenvalue weighted by molar-refractivity contribution is 6.68. The smallest absolute Gasteiger partial charge is 0.270 e. The Labute approximate surface area is 171 Å². The SMILES string of the molecule is C[C@H](/C=C1\C(=O)N(C)[C@H](C[C@H](C)C(Cl)(Cl)Cl)C(=O)N1C)C(Cl)(Cl)Cl. The number of hydrogen-bond donors (Lipinski definition) is 0. The Kier molecular flexibility index (Phi) is 7.46. The molecule has 1 saturated heterocycles. The lowest BCUT2D eigenvalue weighted by molar-refractivity contribution is -0.149. The first-order chi connectivity index (χ1) is 10.7. The van der Waals surface area contributed by atoms with Crippen molar-refractivity contribution in [3.05, 3.63) is 11.8 Å². The summed E-state index contributed by atoms with van der Waals surface area (Å²) >= 11 is 35.1. The Hall–Kier alpha value is 0.420. The van der Waals surface area contributed by atoms with Crippen LogP contribution in [0.25, 0.3) is 0 Å². The number of rotatable bonds is 3. The van der Waals surface area contributed by atoms with Gasteiger partial charge in [-0.25, -0.2) is 0 Å². The number of carbonyl (C=O) groups is 2. The first-order valence-corrected chi connectivity index (χ1v) is 9.34. The molecule has 0 bridgehead atoms. The van der Waals surface area contributed by atoms with Gasteiger partial charge >= 0.3 is 0 Å². The number of allylic oxidation sites excluding steroid dienone is 1. The van der Waals surface area contributed by atoms with E-state index in [0.29, 0.717) is 0 Å². The van der Waals surface area contributed by atoms with Gasteiger partial charge in [0.25, 0.3) is 5.91 Å². The van der Waals surface area contributed by atoms with Gasteiger partial charge < -0.3 is 9.80 Å². The fourth-order valence-corrected chi connectivity index (χ4v) is 2.67. The van der Waals surface area contributed by atoms with Gasteiger partial charge in [0.2, 0.25) is 5.91 Å². The zero-order chi connectivity index (χ0) is 19.0. The van der Waals surface area contributed by atoms with Crippen molar-refractivity contribution in [3.8, 4) is 0 Å². The lowest BCUT2D eigenvalue weighted by Crippen LogP contribution is -2.56. The fraction of sp³-hybridized carbons (Fsp3) is 0.714. The molecule has 4 nitrogen and oxygen atoms in total. The van der Waals surface area contributed by atoms with E-state index >= 15 is 0 Å². The Morgan fingerprint density at radius 1 is 1.04 bits per heavy atom. The maximum Gasteiger partial charge on any atom is 0.270 e. The van der Waals surface area contributed by atoms with Crippen molar-refractivity contribution in [2.45, 2.75) is 33.9 Å². The van der Waals surface area contributed by atoms with E-state index in [1.54, 1.807) is 13.8 Å². The third-order valence-corrected chi connectivity index (χ3v) is 6.19. The topological polar surface area (TPSA) is 40.6 Å². The third-order valence-electron chi connectivity index (χ3n) is 4.04. The summed E-state index contributed by atoms with van der Waals surface area (Å²) in [5, 5.41) is 0. The quantitative estimate of drug-likeness (QED) is 0.459. The Morgan fingerprint density at radius 2 is 1.54 bits per heavy atom. The van der Waals surface area contributed by atoms with E-state index < -0.39 is 25.5 Å². The van der Waals surface area contributed by atoms with Crippen LogP contribution < -0.4 is 0 Å². The standard InChI is InChI=1S/C14H18Cl6N2O2/c1-7(13(15,16)17)5-9-11(23)22(4)10(12(24)21(9)3)6-8(2)14(18,19)20/h5,7-8,10H,6H2,1-4H3/b9-5+/t7-,8+,10-/m1/s1. The van der Waals surface area contributed by atoms with Crippen LogP contribution in [0.3, 0.4) is 0 Å². The van der Waals surface area contributed by atoms with E-state index in [-0.39, 0.29) is 23.9 Å². The molecule has 0 radical (unpaired) electrons. The minimum atomic E-state index is -1.59. The van der Waals surface area contributed by atoms with E-state index in [4.69, 9.17) is 69.6 Å². The van der Waals surface area contributed by atoms with E-state index in [9.17, 15) is 9.59 Å². The molecule has 0 aromatic rings. The van der Waals surface area contributed by atoms with Crippen LogP contribution in [0.5, 0.6) is 0 Å². The zero-order valence-corrected chi connectivity index (χ0v) is 18.0. The lowest BCUT2D eigenvalue weighted by Gasteiger charge is -2.40. The minimum absolute atomic E-state index is 0.152. The molecule has 0 aromatic carbocycles. The number of nitrogens with zero attached hydrogens (tertiary/aromatic N) is 2. The van der Waals surface area contributed by atoms with Gasteiger partial charge in [-0.2, -0.15) is 0 Å². The molecule has 24 heavy (non-hydrogen) atoms. The molecule has 0 N–H and O–H groups in total. The van der Waals surface area contributed by atoms with Gasteiger partial charge in [0.05, 0.1) is 0 Å². The largest absolute Gasteiger partial charge is 0.328 e. The van der Waals surface area contributed by atoms with Gasteiger partial charge in [-0.3, -0.25) is 9.59 Å². The molecule has 0 unspecified atom stereocenters. The van der Waals surface area contributed by atoms with Gasteiger partial charge in [0, 0.05) is 25.9 Å². The van der Waals surface area contributed by atoms with Crippen LogP contribution in [-0.4, -0.2) is 49.3 Å². The second-order valence-corrected chi connectivity index (χ2v) is 10.6. The summed E-state index contributed by atoms with van der Waals surface area (Å²) in [6.45, 7) is 3.34. The van der Waals surface area contributed by atoms with Crippen LogP contribution in [0, 0.1) is 11.8 Å². The van der Waals surface area contributed by atoms with Crippen molar-refractivity contribution < 1.29 is 9.59 Å². The average Bonchev–Trinajstić information content (AvgIpc) is 2.43. The van der Waals surface area contributed by atoms with Gasteiger partial charge in [-0.05, 0) is 12.5 Å². The molecule has 0 aromatic heterocycles. The summed E-state index contributed by atoms with van der Waals surface area (Å²) in [4.78, 5) is 27.8. The first-order valence-electron chi connectivity index (χ1n) is 7.07. The summed E-state index contributed by atoms with van der Waals surface area (Å²) in [6, 6.07) is -0.728. The maximum absolute atomic E-state index is 12.6. The Bertz CT molecular complexity index is 540. The third kappa shape index (κ3) is 5.21. The van der Waals surface area contributed by atoms with Gasteiger partial charge in [-0.1, -0.05) is 83.5 Å². The predicted octanol–water partition coefficient (Wildman–Crippen LogP) is 4.57. The van der Waals surface area contributed by atoms with Crippen LogP contribution in [0.4, 0.5) is 0 Å². The predicted molar refractivity (Wildman–Crippen MR) is 101 cm³/mol. The zero-order valence-electron chi connectivity index (χ0n) is 13.5. The monoisotopic (exact) mass is 456 g/mol. The van der Waals surface area contributed by atoms with Gasteiger partial charge in [0.15, 0.2) is 7.59 Å². The van der Waals surface area contributed by atoms with Crippen LogP contribution in [-0.2, 0) is 9.59 Å². The van der Waals surface area contributed by atoms with Crippen LogP contribution in [0.2, 0.25) is 0 Å². The highest BCUT2D eigenvalue weighted by atomic mass is 35.6. The van der Waals surface area contributed by atoms with E-state index in [2.05, 4.69) is 0 Å². The molecule has 2 amide bonds. The van der Waals surface area contributed by atoms with Crippen molar-refractivity contribution in [2.75, 3.05) is 14.1 Å². The van der Waals surface area contributed by atoms with Crippen molar-refractivity contribution in [1.82, 2.24) is 9.80 Å². The van der Waals surface area contributed by atoms with Crippen molar-refractivity contribution in [2.24, 2.45) is 11.8 Å². The van der Waals surface area contributed by atoms with Crippen molar-refractivity contribution in [3.63, 3.8) is 0 Å². The number of hydrogen-bond acceptors (Lipinski definition) is 2. The Balaban J connectivity index is 3.09. The Morgan fingerprint density at radius 3 is 1.96 bits per heavy atom. The van der Waals surface area contributed by atoms with Crippen molar-refractivity contribution in [1.29, 1.82) is 0 Å². The van der Waals surface area contributed by atoms with E-state index in [1.807, 2.05) is 0 Å². The lowest BCUT2D eigenvalue weighted by atomic mass is 9.97. The molecule has 0 saturated carbocycles. The number of amides is 2. The van der Waals surface area contributed by atoms with Crippen LogP contribution in [0.15, 0.2) is 11.8 Å². The molecule has 1 aliphatic heterocycles. The fourth-order valence-electron chi connectivity index (χ4n) is 2.22. The van der Waals surface area contributed by atoms with Gasteiger partial charge in [-0.15, -0.1) is 0 Å². The molecule has 0 aliphatic carbocycles. The summed E-state index contributed by atoms with van der Waals surface area (Å²) in [7, 11) is 3.02. The summed E-state index contributed by atoms with van der Waals surface area (Å²) in [5.74, 6) is -1.65. The molecule has 1 fully saturated rings. The molecule has 0 spiro atoms. The molecule has 1 aliphatic rings. The van der Waals surface area contributed by atoms with Crippen LogP contribution >= 0.6 is 69.6 Å². The molecular weight excluding hydrogens is 441 g/mol. The molecular formula is C14H18Cl6N2O2. The number of carbonyl (C=O) groups excluding carboxylic acids is 2. The molecule has 10 heteroatoms. The minimum Gasteiger partial charge on any atom is -0.328 e. The number of alkyl halides is 6. The van der Waals surface area contributed by atoms with E-state index in [0.717, 1.165) is 0 Å². The number of likely N-dealkylation sites (N-methyl/N-ethyl adjacent to an activating group) is 2.